The van der Waals surface area contributed by atoms with Gasteiger partial charge in [-0.2, -0.15) is 8.78 Å². The molecule has 1 N–H and O–H groups in total. The minimum absolute atomic E-state index is 0.0817. The van der Waals surface area contributed by atoms with Gasteiger partial charge < -0.3 is 29.2 Å². The summed E-state index contributed by atoms with van der Waals surface area (Å²) < 4.78 is 52.2. The lowest BCUT2D eigenvalue weighted by Crippen LogP contribution is -2.57. The number of nitrogens with one attached hydrogen (secondary N) is 1. The number of rotatable bonds is 12. The van der Waals surface area contributed by atoms with Gasteiger partial charge in [0.05, 0.1) is 31.8 Å². The highest BCUT2D eigenvalue weighted by Gasteiger charge is 2.47. The number of benzene rings is 1. The summed E-state index contributed by atoms with van der Waals surface area (Å²) in [5.74, 6) is -4.37. The third kappa shape index (κ3) is 8.22. The zero-order valence-corrected chi connectivity index (χ0v) is 28.5. The number of amides is 2. The Kier molecular flexibility index (Phi) is 11.3. The maximum atomic E-state index is 15.0. The van der Waals surface area contributed by atoms with Gasteiger partial charge >= 0.3 is 18.0 Å². The molecule has 1 saturated heterocycles. The molecule has 262 valence electrons. The van der Waals surface area contributed by atoms with Crippen molar-refractivity contribution in [2.45, 2.75) is 90.0 Å². The van der Waals surface area contributed by atoms with E-state index >= 15 is 8.78 Å². The average Bonchev–Trinajstić information content (AvgIpc) is 3.62. The predicted molar refractivity (Wildman–Crippen MR) is 175 cm³/mol. The lowest BCUT2D eigenvalue weighted by atomic mass is 9.85. The first-order valence-electron chi connectivity index (χ1n) is 16.1. The Morgan fingerprint density at radius 1 is 1.10 bits per heavy atom. The Morgan fingerprint density at radius 2 is 1.83 bits per heavy atom. The first-order valence-corrected chi connectivity index (χ1v) is 16.1. The largest absolute Gasteiger partial charge is 0.497 e. The number of carbonyl (C=O) groups is 3. The topological polar surface area (TPSA) is 129 Å². The van der Waals surface area contributed by atoms with Gasteiger partial charge in [0.2, 0.25) is 11.8 Å². The van der Waals surface area contributed by atoms with Crippen LogP contribution in [0, 0.1) is 17.3 Å². The molecule has 0 spiro atoms. The van der Waals surface area contributed by atoms with E-state index in [-0.39, 0.29) is 36.0 Å². The molecule has 4 rings (SSSR count). The molecule has 6 atom stereocenters. The summed E-state index contributed by atoms with van der Waals surface area (Å²) in [6, 6.07) is 2.37. The quantitative estimate of drug-likeness (QED) is 0.215. The minimum Gasteiger partial charge on any atom is -0.497 e. The van der Waals surface area contributed by atoms with Crippen LogP contribution in [0.4, 0.5) is 13.6 Å². The van der Waals surface area contributed by atoms with Crippen molar-refractivity contribution in [3.05, 3.63) is 49.2 Å². The predicted octanol–water partition coefficient (Wildman–Crippen LogP) is 5.96. The fraction of sp³-hybridized carbons (Fsp3) is 0.571. The van der Waals surface area contributed by atoms with Crippen LogP contribution in [-0.4, -0.2) is 77.9 Å². The number of allylic oxidation sites excluding steroid dienone is 2. The zero-order valence-electron chi connectivity index (χ0n) is 28.5. The molecule has 2 aliphatic rings. The monoisotopic (exact) mass is 672 g/mol. The SMILES string of the molecule is C=CCC[C@@H]1C[C@@H](C)C[C@H]1OC(=O)N[C@H](C(=O)N1C[C@H](Oc2nc3cc(OC)ccc3nc2C(F)(F)C=C)C[C@H]1C(=O)OC)C(C)(C)C. The smallest absolute Gasteiger partial charge is 0.408 e. The van der Waals surface area contributed by atoms with Crippen molar-refractivity contribution in [1.29, 1.82) is 0 Å². The second-order valence-electron chi connectivity index (χ2n) is 13.7. The Bertz CT molecular complexity index is 1530. The summed E-state index contributed by atoms with van der Waals surface area (Å²) >= 11 is 0. The van der Waals surface area contributed by atoms with E-state index in [0.29, 0.717) is 17.7 Å². The van der Waals surface area contributed by atoms with Crippen LogP contribution in [-0.2, 0) is 25.0 Å². The van der Waals surface area contributed by atoms with Crippen LogP contribution >= 0.6 is 0 Å². The van der Waals surface area contributed by atoms with Gasteiger partial charge in [0.1, 0.15) is 30.0 Å². The van der Waals surface area contributed by atoms with Crippen molar-refractivity contribution in [2.75, 3.05) is 20.8 Å². The van der Waals surface area contributed by atoms with E-state index in [2.05, 4.69) is 35.4 Å². The number of hydrogen-bond donors (Lipinski definition) is 1. The molecular formula is C35H46F2N4O7. The van der Waals surface area contributed by atoms with Gasteiger partial charge in [0.25, 0.3) is 0 Å². The van der Waals surface area contributed by atoms with E-state index in [0.717, 1.165) is 25.7 Å². The number of fused-ring (bicyclic) bond motifs is 1. The van der Waals surface area contributed by atoms with E-state index in [4.69, 9.17) is 18.9 Å². The molecule has 1 aromatic carbocycles. The molecule has 2 aromatic rings. The third-order valence-corrected chi connectivity index (χ3v) is 8.95. The second-order valence-corrected chi connectivity index (χ2v) is 13.7. The molecule has 0 unspecified atom stereocenters. The van der Waals surface area contributed by atoms with Gasteiger partial charge in [0.15, 0.2) is 5.69 Å². The highest BCUT2D eigenvalue weighted by atomic mass is 19.3. The fourth-order valence-corrected chi connectivity index (χ4v) is 6.42. The Hall–Kier alpha value is -4.29. The minimum atomic E-state index is -3.60. The van der Waals surface area contributed by atoms with Crippen LogP contribution in [0.2, 0.25) is 0 Å². The fourth-order valence-electron chi connectivity index (χ4n) is 6.42. The standard InChI is InChI=1S/C35H46F2N4O7/c1-9-11-12-21-15-20(3)16-27(21)48-33(44)40-29(34(4,5)6)31(42)41-19-23(18-26(41)32(43)46-8)47-30-28(35(36,37)10-2)38-24-14-13-22(45-7)17-25(24)39-30/h9-10,13-14,17,20-21,23,26-27,29H,1-2,11-12,15-16,18-19H2,3-8H3,(H,40,44)/t20-,21-,23-,26+,27-,29-/m1/s1. The number of carbonyl (C=O) groups excluding carboxylic acids is 3. The first kappa shape index (κ1) is 36.5. The molecule has 2 amide bonds. The first-order chi connectivity index (χ1) is 22.6. The van der Waals surface area contributed by atoms with Crippen molar-refractivity contribution < 1.29 is 42.1 Å². The summed E-state index contributed by atoms with van der Waals surface area (Å²) in [5, 5.41) is 2.75. The Balaban J connectivity index is 1.59. The number of alkyl halides is 2. The van der Waals surface area contributed by atoms with Crippen molar-refractivity contribution in [1.82, 2.24) is 20.2 Å². The van der Waals surface area contributed by atoms with Gasteiger partial charge in [-0.3, -0.25) is 4.79 Å². The van der Waals surface area contributed by atoms with Crippen LogP contribution in [0.1, 0.15) is 65.5 Å². The van der Waals surface area contributed by atoms with Crippen molar-refractivity contribution in [3.63, 3.8) is 0 Å². The van der Waals surface area contributed by atoms with E-state index in [9.17, 15) is 14.4 Å². The van der Waals surface area contributed by atoms with E-state index in [1.807, 2.05) is 6.08 Å². The van der Waals surface area contributed by atoms with Gasteiger partial charge in [-0.15, -0.1) is 6.58 Å². The molecule has 1 aromatic heterocycles. The van der Waals surface area contributed by atoms with E-state index in [1.54, 1.807) is 26.8 Å². The molecular weight excluding hydrogens is 626 g/mol. The molecule has 13 heteroatoms. The molecule has 0 bridgehead atoms. The molecule has 1 saturated carbocycles. The molecule has 2 fully saturated rings. The number of esters is 1. The maximum absolute atomic E-state index is 15.0. The van der Waals surface area contributed by atoms with Crippen molar-refractivity contribution in [2.24, 2.45) is 17.3 Å². The number of hydrogen-bond acceptors (Lipinski definition) is 9. The maximum Gasteiger partial charge on any atom is 0.408 e. The molecule has 1 aliphatic heterocycles. The summed E-state index contributed by atoms with van der Waals surface area (Å²) in [7, 11) is 2.64. The lowest BCUT2D eigenvalue weighted by Gasteiger charge is -2.35. The third-order valence-electron chi connectivity index (χ3n) is 8.95. The highest BCUT2D eigenvalue weighted by molar-refractivity contribution is 5.91. The molecule has 11 nitrogen and oxygen atoms in total. The summed E-state index contributed by atoms with van der Waals surface area (Å²) in [6.07, 6.45) is 3.52. The van der Waals surface area contributed by atoms with Gasteiger partial charge in [-0.25, -0.2) is 19.6 Å². The molecule has 0 radical (unpaired) electrons. The van der Waals surface area contributed by atoms with Gasteiger partial charge in [-0.05, 0) is 61.1 Å². The van der Waals surface area contributed by atoms with E-state index < -0.39 is 59.1 Å². The number of methoxy groups -OCH3 is 2. The number of halogens is 2. The van der Waals surface area contributed by atoms with Crippen LogP contribution in [0.5, 0.6) is 11.6 Å². The summed E-state index contributed by atoms with van der Waals surface area (Å²) in [4.78, 5) is 50.1. The number of ether oxygens (including phenoxy) is 4. The Labute approximate surface area is 280 Å². The van der Waals surface area contributed by atoms with Crippen LogP contribution < -0.4 is 14.8 Å². The van der Waals surface area contributed by atoms with Crippen LogP contribution in [0.3, 0.4) is 0 Å². The number of nitrogens with zero attached hydrogens (tertiary/aromatic N) is 3. The number of aromatic nitrogens is 2. The molecule has 2 heterocycles. The molecule has 48 heavy (non-hydrogen) atoms. The average molecular weight is 673 g/mol. The number of alkyl carbamates (subject to hydrolysis) is 1. The van der Waals surface area contributed by atoms with Crippen LogP contribution in [0.15, 0.2) is 43.5 Å². The lowest BCUT2D eigenvalue weighted by molar-refractivity contribution is -0.152. The van der Waals surface area contributed by atoms with E-state index in [1.165, 1.54) is 31.3 Å². The number of likely N-dealkylation sites (tertiary alicyclic amines) is 1. The van der Waals surface area contributed by atoms with Gasteiger partial charge in [0, 0.05) is 12.5 Å². The van der Waals surface area contributed by atoms with Crippen molar-refractivity contribution >= 4 is 29.0 Å². The van der Waals surface area contributed by atoms with Crippen LogP contribution in [0.25, 0.3) is 11.0 Å². The summed E-state index contributed by atoms with van der Waals surface area (Å²) in [5.41, 5.74) is -1.15. The zero-order chi connectivity index (χ0) is 35.4. The highest BCUT2D eigenvalue weighted by Crippen LogP contribution is 2.38. The normalized spacial score (nSPS) is 23.3. The Morgan fingerprint density at radius 3 is 2.46 bits per heavy atom. The van der Waals surface area contributed by atoms with Gasteiger partial charge in [-0.1, -0.05) is 40.3 Å². The van der Waals surface area contributed by atoms with Crippen molar-refractivity contribution in [3.8, 4) is 11.6 Å². The summed E-state index contributed by atoms with van der Waals surface area (Å²) in [6.45, 7) is 14.3. The molecule has 1 aliphatic carbocycles. The second kappa shape index (κ2) is 14.9.